The summed E-state index contributed by atoms with van der Waals surface area (Å²) in [6, 6.07) is 11.9. The van der Waals surface area contributed by atoms with Crippen molar-refractivity contribution in [1.29, 1.82) is 5.26 Å². The minimum absolute atomic E-state index is 0.0285. The minimum Gasteiger partial charge on any atom is -0.369 e. The molecule has 6 nitrogen and oxygen atoms in total. The van der Waals surface area contributed by atoms with Gasteiger partial charge in [0.25, 0.3) is 5.91 Å². The number of fused-ring (bicyclic) bond motifs is 3. The number of carbonyl (C=O) groups excluding carboxylic acids is 1. The van der Waals surface area contributed by atoms with Gasteiger partial charge in [-0.25, -0.2) is 4.99 Å². The van der Waals surface area contributed by atoms with Crippen LogP contribution in [-0.2, 0) is 23.2 Å². The van der Waals surface area contributed by atoms with E-state index in [4.69, 9.17) is 10.7 Å². The standard InChI is InChI=1S/C26H29N5O/c1-17-11-18(2)14-25(13-17)15-21-4-3-20(16-27)12-22(21)26(25)23(32)31(24(28)30-26)10-7-19-5-8-29-9-6-19/h3-6,8-9,12,17-18H,7,10-11,13-15H2,1-2H3,(H2,28,30). The molecule has 2 aliphatic carbocycles. The smallest absolute Gasteiger partial charge is 0.262 e. The van der Waals surface area contributed by atoms with Gasteiger partial charge >= 0.3 is 0 Å². The number of guanidine groups is 1. The molecule has 1 saturated carbocycles. The van der Waals surface area contributed by atoms with Crippen molar-refractivity contribution >= 4 is 11.9 Å². The van der Waals surface area contributed by atoms with Crippen molar-refractivity contribution in [2.24, 2.45) is 28.0 Å². The highest BCUT2D eigenvalue weighted by Crippen LogP contribution is 2.63. The predicted octanol–water partition coefficient (Wildman–Crippen LogP) is 3.55. The number of hydrogen-bond acceptors (Lipinski definition) is 5. The highest BCUT2D eigenvalue weighted by molar-refractivity contribution is 6.08. The van der Waals surface area contributed by atoms with Crippen molar-refractivity contribution in [1.82, 2.24) is 9.88 Å². The molecule has 0 bridgehead atoms. The zero-order valence-electron chi connectivity index (χ0n) is 18.7. The summed E-state index contributed by atoms with van der Waals surface area (Å²) in [6.45, 7) is 5.04. The van der Waals surface area contributed by atoms with E-state index in [1.54, 1.807) is 17.3 Å². The molecule has 2 heterocycles. The summed E-state index contributed by atoms with van der Waals surface area (Å²) in [5.41, 5.74) is 8.81. The lowest BCUT2D eigenvalue weighted by Crippen LogP contribution is -2.53. The van der Waals surface area contributed by atoms with Crippen LogP contribution in [-0.4, -0.2) is 28.3 Å². The Morgan fingerprint density at radius 2 is 1.91 bits per heavy atom. The van der Waals surface area contributed by atoms with E-state index >= 15 is 0 Å². The van der Waals surface area contributed by atoms with Crippen molar-refractivity contribution in [3.63, 3.8) is 0 Å². The number of carbonyl (C=O) groups is 1. The van der Waals surface area contributed by atoms with Crippen LogP contribution in [0.5, 0.6) is 0 Å². The van der Waals surface area contributed by atoms with E-state index in [9.17, 15) is 10.1 Å². The molecule has 3 unspecified atom stereocenters. The number of nitrogens with zero attached hydrogens (tertiary/aromatic N) is 4. The van der Waals surface area contributed by atoms with Crippen LogP contribution in [0.15, 0.2) is 47.7 Å². The first-order valence-corrected chi connectivity index (χ1v) is 11.5. The van der Waals surface area contributed by atoms with Gasteiger partial charge in [-0.05, 0) is 84.9 Å². The Balaban J connectivity index is 1.59. The predicted molar refractivity (Wildman–Crippen MR) is 122 cm³/mol. The van der Waals surface area contributed by atoms with Gasteiger partial charge < -0.3 is 5.73 Å². The summed E-state index contributed by atoms with van der Waals surface area (Å²) in [6.07, 6.45) is 8.06. The number of hydrogen-bond donors (Lipinski definition) is 1. The molecule has 32 heavy (non-hydrogen) atoms. The summed E-state index contributed by atoms with van der Waals surface area (Å²) >= 11 is 0. The Morgan fingerprint density at radius 3 is 2.59 bits per heavy atom. The topological polar surface area (TPSA) is 95.4 Å². The molecule has 164 valence electrons. The highest BCUT2D eigenvalue weighted by Gasteiger charge is 2.67. The largest absolute Gasteiger partial charge is 0.369 e. The lowest BCUT2D eigenvalue weighted by atomic mass is 9.57. The molecular formula is C26H29N5O. The molecule has 1 aliphatic heterocycles. The maximum absolute atomic E-state index is 14.2. The van der Waals surface area contributed by atoms with Crippen LogP contribution < -0.4 is 5.73 Å². The van der Waals surface area contributed by atoms with Crippen LogP contribution in [0.1, 0.15) is 55.4 Å². The Kier molecular flexibility index (Phi) is 4.81. The van der Waals surface area contributed by atoms with Crippen LogP contribution in [0.25, 0.3) is 0 Å². The third-order valence-electron chi connectivity index (χ3n) is 7.70. The Bertz CT molecular complexity index is 1120. The van der Waals surface area contributed by atoms with Gasteiger partial charge in [0.1, 0.15) is 0 Å². The van der Waals surface area contributed by atoms with Gasteiger partial charge in [-0.3, -0.25) is 14.7 Å². The highest BCUT2D eigenvalue weighted by atomic mass is 16.2. The van der Waals surface area contributed by atoms with Gasteiger partial charge in [0.2, 0.25) is 0 Å². The molecule has 1 fully saturated rings. The van der Waals surface area contributed by atoms with Crippen molar-refractivity contribution in [2.75, 3.05) is 6.54 Å². The number of aromatic nitrogens is 1. The zero-order chi connectivity index (χ0) is 22.5. The minimum atomic E-state index is -1.03. The zero-order valence-corrected chi connectivity index (χ0v) is 18.7. The van der Waals surface area contributed by atoms with E-state index in [0.29, 0.717) is 36.3 Å². The molecule has 1 aromatic carbocycles. The summed E-state index contributed by atoms with van der Waals surface area (Å²) in [7, 11) is 0. The van der Waals surface area contributed by atoms with Gasteiger partial charge in [-0.1, -0.05) is 19.9 Å². The maximum Gasteiger partial charge on any atom is 0.262 e. The molecule has 5 rings (SSSR count). The molecule has 0 radical (unpaired) electrons. The molecule has 1 amide bonds. The third-order valence-corrected chi connectivity index (χ3v) is 7.70. The van der Waals surface area contributed by atoms with E-state index in [1.807, 2.05) is 30.3 Å². The fraction of sp³-hybridized carbons (Fsp3) is 0.462. The number of amides is 1. The molecule has 1 aromatic heterocycles. The molecule has 2 aromatic rings. The number of nitriles is 1. The van der Waals surface area contributed by atoms with Crippen LogP contribution in [0, 0.1) is 28.6 Å². The summed E-state index contributed by atoms with van der Waals surface area (Å²) in [5.74, 6) is 1.29. The van der Waals surface area contributed by atoms with Crippen LogP contribution in [0.2, 0.25) is 0 Å². The second-order valence-corrected chi connectivity index (χ2v) is 10.0. The van der Waals surface area contributed by atoms with Crippen LogP contribution in [0.4, 0.5) is 0 Å². The number of aliphatic imine (C=N–C) groups is 1. The first kappa shape index (κ1) is 20.7. The number of rotatable bonds is 3. The second kappa shape index (κ2) is 7.44. The molecule has 2 spiro atoms. The molecule has 3 aliphatic rings. The Labute approximate surface area is 189 Å². The summed E-state index contributed by atoms with van der Waals surface area (Å²) < 4.78 is 0. The van der Waals surface area contributed by atoms with Crippen LogP contribution in [0.3, 0.4) is 0 Å². The van der Waals surface area contributed by atoms with E-state index in [-0.39, 0.29) is 11.3 Å². The van der Waals surface area contributed by atoms with Crippen molar-refractivity contribution in [2.45, 2.75) is 51.5 Å². The van der Waals surface area contributed by atoms with Gasteiger partial charge in [0.05, 0.1) is 11.6 Å². The monoisotopic (exact) mass is 427 g/mol. The summed E-state index contributed by atoms with van der Waals surface area (Å²) in [4.78, 5) is 25.0. The lowest BCUT2D eigenvalue weighted by molar-refractivity contribution is -0.138. The van der Waals surface area contributed by atoms with E-state index in [0.717, 1.165) is 42.4 Å². The molecule has 0 saturated heterocycles. The first-order valence-electron chi connectivity index (χ1n) is 11.5. The van der Waals surface area contributed by atoms with E-state index in [2.05, 4.69) is 24.9 Å². The molecular weight excluding hydrogens is 398 g/mol. The van der Waals surface area contributed by atoms with E-state index in [1.165, 1.54) is 0 Å². The SMILES string of the molecule is CC1CC(C)CC2(Cc3ccc(C#N)cc3C23N=C(N)N(CCc2ccncc2)C3=O)C1. The summed E-state index contributed by atoms with van der Waals surface area (Å²) in [5, 5.41) is 9.56. The van der Waals surface area contributed by atoms with Gasteiger partial charge in [-0.15, -0.1) is 0 Å². The van der Waals surface area contributed by atoms with E-state index < -0.39 is 5.54 Å². The van der Waals surface area contributed by atoms with Crippen molar-refractivity contribution in [3.8, 4) is 6.07 Å². The average molecular weight is 428 g/mol. The number of nitrogens with two attached hydrogens (primary N) is 1. The lowest BCUT2D eigenvalue weighted by Gasteiger charge is -2.47. The van der Waals surface area contributed by atoms with Gasteiger partial charge in [0, 0.05) is 24.4 Å². The van der Waals surface area contributed by atoms with Crippen LogP contribution >= 0.6 is 0 Å². The van der Waals surface area contributed by atoms with Crippen molar-refractivity contribution in [3.05, 3.63) is 65.0 Å². The fourth-order valence-electron chi connectivity index (χ4n) is 6.73. The third kappa shape index (κ3) is 2.95. The maximum atomic E-state index is 14.2. The van der Waals surface area contributed by atoms with Crippen molar-refractivity contribution < 1.29 is 4.79 Å². The van der Waals surface area contributed by atoms with Gasteiger partial charge in [-0.2, -0.15) is 5.26 Å². The molecule has 6 heteroatoms. The number of pyridine rings is 1. The fourth-order valence-corrected chi connectivity index (χ4v) is 6.73. The Morgan fingerprint density at radius 1 is 1.19 bits per heavy atom. The first-order chi connectivity index (χ1) is 15.4. The number of benzene rings is 1. The quantitative estimate of drug-likeness (QED) is 0.810. The average Bonchev–Trinajstić information content (AvgIpc) is 3.17. The molecule has 2 N–H and O–H groups in total. The molecule has 3 atom stereocenters. The Hall–Kier alpha value is -3.20. The normalized spacial score (nSPS) is 31.1. The second-order valence-electron chi connectivity index (χ2n) is 10.0. The van der Waals surface area contributed by atoms with Gasteiger partial charge in [0.15, 0.2) is 11.5 Å².